The van der Waals surface area contributed by atoms with Gasteiger partial charge >= 0.3 is 0 Å². The van der Waals surface area contributed by atoms with Crippen LogP contribution in [0, 0.1) is 23.7 Å². The molecule has 23 heavy (non-hydrogen) atoms. The normalized spacial score (nSPS) is 31.0. The van der Waals surface area contributed by atoms with Crippen LogP contribution in [0.5, 0.6) is 0 Å². The second kappa shape index (κ2) is 5.08. The van der Waals surface area contributed by atoms with Crippen molar-refractivity contribution >= 4 is 23.4 Å². The van der Waals surface area contributed by atoms with Crippen molar-refractivity contribution in [1.82, 2.24) is 10.2 Å². The number of carbonyl (C=O) groups excluding carboxylic acids is 3. The highest BCUT2D eigenvalue weighted by Gasteiger charge is 2.67. The van der Waals surface area contributed by atoms with Gasteiger partial charge in [-0.2, -0.15) is 0 Å². The number of fused-ring (bicyclic) bond motifs is 4. The highest BCUT2D eigenvalue weighted by molar-refractivity contribution is 6.09. The molecular weight excluding hydrogens is 294 g/mol. The van der Waals surface area contributed by atoms with Crippen LogP contribution >= 0.6 is 0 Å². The molecule has 3 aliphatic rings. The molecule has 2 aliphatic carbocycles. The first-order valence-electron chi connectivity index (χ1n) is 8.02. The van der Waals surface area contributed by atoms with Crippen LogP contribution < -0.4 is 11.1 Å². The molecule has 1 aliphatic heterocycles. The summed E-state index contributed by atoms with van der Waals surface area (Å²) in [6.45, 7) is 0.187. The Morgan fingerprint density at radius 2 is 1.65 bits per heavy atom. The summed E-state index contributed by atoms with van der Waals surface area (Å²) < 4.78 is 0. The molecule has 120 valence electrons. The maximum Gasteiger partial charge on any atom is 0.240 e. The lowest BCUT2D eigenvalue weighted by atomic mass is 9.48. The average Bonchev–Trinajstić information content (AvgIpc) is 2.70. The van der Waals surface area contributed by atoms with Crippen LogP contribution in [-0.2, 0) is 20.9 Å². The van der Waals surface area contributed by atoms with E-state index < -0.39 is 0 Å². The van der Waals surface area contributed by atoms with E-state index in [4.69, 9.17) is 5.73 Å². The molecule has 3 N–H and O–H groups in total. The minimum atomic E-state index is -0.308. The summed E-state index contributed by atoms with van der Waals surface area (Å²) in [4.78, 5) is 37.9. The number of nitrogens with one attached hydrogen (secondary N) is 1. The van der Waals surface area contributed by atoms with Crippen LogP contribution in [0.15, 0.2) is 24.3 Å². The van der Waals surface area contributed by atoms with Crippen LogP contribution in [0.4, 0.5) is 5.69 Å². The van der Waals surface area contributed by atoms with Crippen molar-refractivity contribution in [2.24, 2.45) is 23.7 Å². The predicted octanol–water partition coefficient (Wildman–Crippen LogP) is 0.526. The Morgan fingerprint density at radius 3 is 2.17 bits per heavy atom. The first kappa shape index (κ1) is 14.2. The van der Waals surface area contributed by atoms with Crippen molar-refractivity contribution in [3.63, 3.8) is 0 Å². The molecule has 6 heteroatoms. The van der Waals surface area contributed by atoms with Crippen LogP contribution in [0.3, 0.4) is 0 Å². The largest absolute Gasteiger partial charge is 0.399 e. The number of benzene rings is 1. The third kappa shape index (κ3) is 2.12. The van der Waals surface area contributed by atoms with Gasteiger partial charge in [0.25, 0.3) is 0 Å². The summed E-state index contributed by atoms with van der Waals surface area (Å²) in [6, 6.07) is 7.20. The molecule has 3 amide bonds. The minimum Gasteiger partial charge on any atom is -0.399 e. The molecule has 3 fully saturated rings. The number of nitrogen functional groups attached to an aromatic ring is 1. The van der Waals surface area contributed by atoms with Gasteiger partial charge in [-0.1, -0.05) is 12.1 Å². The Balaban J connectivity index is 1.34. The molecule has 6 nitrogen and oxygen atoms in total. The Morgan fingerprint density at radius 1 is 1.09 bits per heavy atom. The third-order valence-electron chi connectivity index (χ3n) is 5.57. The first-order chi connectivity index (χ1) is 11.1. The molecule has 4 rings (SSSR count). The van der Waals surface area contributed by atoms with Crippen LogP contribution in [-0.4, -0.2) is 29.2 Å². The number of hydrogen-bond acceptors (Lipinski definition) is 4. The second-order valence-electron chi connectivity index (χ2n) is 6.74. The molecule has 0 bridgehead atoms. The van der Waals surface area contributed by atoms with E-state index in [-0.39, 0.29) is 36.1 Å². The van der Waals surface area contributed by atoms with E-state index in [0.29, 0.717) is 24.1 Å². The smallest absolute Gasteiger partial charge is 0.240 e. The molecular formula is C17H19N3O3. The Hall–Kier alpha value is -2.37. The standard InChI is InChI=1S/C17H19N3O3/c18-10-3-1-9(2-4-10)7-19-13(21)8-20-16(22)14-11-5-6-12(11)15(14)17(20)23/h1-4,11-12,14-15H,5-8,18H2,(H,19,21)/t11-,12?,14-,15+/m1/s1. The zero-order valence-electron chi connectivity index (χ0n) is 12.7. The summed E-state index contributed by atoms with van der Waals surface area (Å²) in [5.74, 6) is -0.125. The number of likely N-dealkylation sites (tertiary alicyclic amines) is 1. The van der Waals surface area contributed by atoms with Gasteiger partial charge in [0.1, 0.15) is 6.54 Å². The van der Waals surface area contributed by atoms with Gasteiger partial charge in [-0.3, -0.25) is 19.3 Å². The van der Waals surface area contributed by atoms with Gasteiger partial charge in [-0.05, 0) is 42.4 Å². The molecule has 4 atom stereocenters. The lowest BCUT2D eigenvalue weighted by Gasteiger charge is -2.53. The van der Waals surface area contributed by atoms with Crippen molar-refractivity contribution < 1.29 is 14.4 Å². The zero-order valence-corrected chi connectivity index (χ0v) is 12.7. The maximum atomic E-state index is 12.3. The summed E-state index contributed by atoms with van der Waals surface area (Å²) >= 11 is 0. The van der Waals surface area contributed by atoms with Gasteiger partial charge in [0.05, 0.1) is 11.8 Å². The summed E-state index contributed by atoms with van der Waals surface area (Å²) in [5.41, 5.74) is 7.20. The van der Waals surface area contributed by atoms with Crippen molar-refractivity contribution in [3.8, 4) is 0 Å². The van der Waals surface area contributed by atoms with Gasteiger partial charge in [0, 0.05) is 12.2 Å². The summed E-state index contributed by atoms with van der Waals surface area (Å²) in [7, 11) is 0. The highest BCUT2D eigenvalue weighted by Crippen LogP contribution is 2.61. The van der Waals surface area contributed by atoms with Crippen LogP contribution in [0.2, 0.25) is 0 Å². The quantitative estimate of drug-likeness (QED) is 0.626. The molecule has 1 unspecified atom stereocenters. The molecule has 1 saturated heterocycles. The number of nitrogens with zero attached hydrogens (tertiary/aromatic N) is 1. The number of nitrogens with two attached hydrogens (primary N) is 1. The fraction of sp³-hybridized carbons (Fsp3) is 0.471. The van der Waals surface area contributed by atoms with Crippen molar-refractivity contribution in [2.45, 2.75) is 19.4 Å². The molecule has 1 aromatic carbocycles. The second-order valence-corrected chi connectivity index (χ2v) is 6.74. The van der Waals surface area contributed by atoms with E-state index in [9.17, 15) is 14.4 Å². The van der Waals surface area contributed by atoms with Crippen molar-refractivity contribution in [1.29, 1.82) is 0 Å². The minimum absolute atomic E-state index is 0.147. The summed E-state index contributed by atoms with van der Waals surface area (Å²) in [5, 5.41) is 2.75. The number of rotatable bonds is 4. The number of anilines is 1. The van der Waals surface area contributed by atoms with E-state index in [2.05, 4.69) is 5.32 Å². The maximum absolute atomic E-state index is 12.3. The molecule has 2 saturated carbocycles. The molecule has 0 radical (unpaired) electrons. The third-order valence-corrected chi connectivity index (χ3v) is 5.57. The number of carbonyl (C=O) groups is 3. The average molecular weight is 313 g/mol. The fourth-order valence-electron chi connectivity index (χ4n) is 4.16. The first-order valence-corrected chi connectivity index (χ1v) is 8.02. The van der Waals surface area contributed by atoms with Crippen LogP contribution in [0.25, 0.3) is 0 Å². The molecule has 0 aromatic heterocycles. The zero-order chi connectivity index (χ0) is 16.1. The van der Waals surface area contributed by atoms with E-state index in [0.717, 1.165) is 23.3 Å². The van der Waals surface area contributed by atoms with Gasteiger partial charge in [-0.25, -0.2) is 0 Å². The summed E-state index contributed by atoms with van der Waals surface area (Å²) in [6.07, 6.45) is 2.09. The van der Waals surface area contributed by atoms with Gasteiger partial charge in [0.15, 0.2) is 0 Å². The van der Waals surface area contributed by atoms with E-state index >= 15 is 0 Å². The van der Waals surface area contributed by atoms with E-state index in [1.54, 1.807) is 12.1 Å². The molecule has 0 spiro atoms. The monoisotopic (exact) mass is 313 g/mol. The number of hydrogen-bond donors (Lipinski definition) is 2. The van der Waals surface area contributed by atoms with Gasteiger partial charge < -0.3 is 11.1 Å². The van der Waals surface area contributed by atoms with Gasteiger partial charge in [-0.15, -0.1) is 0 Å². The number of imide groups is 1. The topological polar surface area (TPSA) is 92.5 Å². The number of amides is 3. The van der Waals surface area contributed by atoms with E-state index in [1.807, 2.05) is 12.1 Å². The Labute approximate surface area is 134 Å². The van der Waals surface area contributed by atoms with Crippen LogP contribution in [0.1, 0.15) is 18.4 Å². The molecule has 1 heterocycles. The Bertz CT molecular complexity index is 657. The van der Waals surface area contributed by atoms with Gasteiger partial charge in [0.2, 0.25) is 17.7 Å². The Kier molecular flexibility index (Phi) is 3.14. The van der Waals surface area contributed by atoms with Crippen molar-refractivity contribution in [2.75, 3.05) is 12.3 Å². The van der Waals surface area contributed by atoms with E-state index in [1.165, 1.54) is 0 Å². The highest BCUT2D eigenvalue weighted by atomic mass is 16.2. The SMILES string of the molecule is Nc1ccc(CNC(=O)CN2C(=O)[C@@H]3[C@@H]4CCC4[C@@H]3C2=O)cc1. The fourth-order valence-corrected chi connectivity index (χ4v) is 4.16. The lowest BCUT2D eigenvalue weighted by Crippen LogP contribution is -2.54. The lowest BCUT2D eigenvalue weighted by molar-refractivity contribution is -0.149. The van der Waals surface area contributed by atoms with Crippen molar-refractivity contribution in [3.05, 3.63) is 29.8 Å². The predicted molar refractivity (Wildman–Crippen MR) is 82.6 cm³/mol. The molecule has 1 aromatic rings.